The van der Waals surface area contributed by atoms with E-state index in [1.807, 2.05) is 22.7 Å². The first-order valence-electron chi connectivity index (χ1n) is 26.7. The first-order valence-corrected chi connectivity index (χ1v) is 28.3. The predicted octanol–water partition coefficient (Wildman–Crippen LogP) is 22.5. The summed E-state index contributed by atoms with van der Waals surface area (Å²) < 4.78 is 5.30. The standard InChI is InChI=1S/C74H46N2S2/c1-5-23-49(24-6-1)75(50-25-7-2-8-26-50)71-59-37-19-15-33-55(59)67(56-34-16-20-38-60(56)71)47-41-43-63-65(45-47)77-73-69(63)53-31-13-14-32-54(53)70-64-44-42-48(46-66(64)78-74(70)73)68-57-35-17-21-39-61(57)72(62-40-22-18-36-58(62)68)76(51-27-9-3-10-28-51)52-29-11-4-12-30-52/h1-46H. The summed E-state index contributed by atoms with van der Waals surface area (Å²) in [5, 5.41) is 17.7. The van der Waals surface area contributed by atoms with E-state index in [0.717, 1.165) is 22.7 Å². The van der Waals surface area contributed by atoms with Crippen molar-refractivity contribution in [2.45, 2.75) is 0 Å². The number of fused-ring (bicyclic) bond motifs is 14. The van der Waals surface area contributed by atoms with Crippen LogP contribution in [0.15, 0.2) is 279 Å². The maximum absolute atomic E-state index is 2.47. The van der Waals surface area contributed by atoms with Crippen molar-refractivity contribution in [3.05, 3.63) is 279 Å². The van der Waals surface area contributed by atoms with Gasteiger partial charge in [-0.2, -0.15) is 0 Å². The predicted molar refractivity (Wildman–Crippen MR) is 340 cm³/mol. The van der Waals surface area contributed by atoms with Crippen LogP contribution < -0.4 is 9.80 Å². The number of thiophene rings is 2. The lowest BCUT2D eigenvalue weighted by Crippen LogP contribution is -2.11. The van der Waals surface area contributed by atoms with Crippen LogP contribution in [0.2, 0.25) is 0 Å². The Labute approximate surface area is 459 Å². The molecule has 78 heavy (non-hydrogen) atoms. The molecule has 0 unspecified atom stereocenters. The van der Waals surface area contributed by atoms with E-state index in [-0.39, 0.29) is 0 Å². The van der Waals surface area contributed by atoms with Gasteiger partial charge in [-0.15, -0.1) is 22.7 Å². The second-order valence-electron chi connectivity index (χ2n) is 20.2. The molecule has 0 N–H and O–H groups in total. The second-order valence-corrected chi connectivity index (χ2v) is 22.3. The average Bonchev–Trinajstić information content (AvgIpc) is 4.27. The van der Waals surface area contributed by atoms with E-state index in [9.17, 15) is 0 Å². The van der Waals surface area contributed by atoms with E-state index >= 15 is 0 Å². The zero-order valence-electron chi connectivity index (χ0n) is 42.3. The van der Waals surface area contributed by atoms with Crippen molar-refractivity contribution in [3.8, 4) is 22.3 Å². The summed E-state index contributed by atoms with van der Waals surface area (Å²) in [6.07, 6.45) is 0. The molecule has 4 heteroatoms. The van der Waals surface area contributed by atoms with Gasteiger partial charge in [0.25, 0.3) is 0 Å². The maximum atomic E-state index is 2.47. The molecular weight excluding hydrogens is 981 g/mol. The molecule has 0 aliphatic heterocycles. The summed E-state index contributed by atoms with van der Waals surface area (Å²) in [6, 6.07) is 103. The Balaban J connectivity index is 0.899. The molecule has 0 radical (unpaired) electrons. The van der Waals surface area contributed by atoms with Gasteiger partial charge in [-0.25, -0.2) is 0 Å². The summed E-state index contributed by atoms with van der Waals surface area (Å²) in [4.78, 5) is 4.86. The molecule has 2 nitrogen and oxygen atoms in total. The highest BCUT2D eigenvalue weighted by atomic mass is 32.1. The van der Waals surface area contributed by atoms with E-state index in [1.165, 1.54) is 128 Å². The molecule has 2 aromatic heterocycles. The lowest BCUT2D eigenvalue weighted by Gasteiger charge is -2.29. The average molecular weight is 1030 g/mol. The molecular formula is C74H46N2S2. The van der Waals surface area contributed by atoms with E-state index in [1.54, 1.807) is 0 Å². The van der Waals surface area contributed by atoms with E-state index in [0.29, 0.717) is 0 Å². The van der Waals surface area contributed by atoms with Crippen LogP contribution in [0.5, 0.6) is 0 Å². The molecule has 0 saturated carbocycles. The zero-order chi connectivity index (χ0) is 51.3. The molecule has 364 valence electrons. The Kier molecular flexibility index (Phi) is 10.3. The maximum Gasteiger partial charge on any atom is 0.0618 e. The molecule has 16 aromatic rings. The first-order chi connectivity index (χ1) is 38.7. The van der Waals surface area contributed by atoms with E-state index in [2.05, 4.69) is 289 Å². The van der Waals surface area contributed by atoms with Crippen molar-refractivity contribution in [2.75, 3.05) is 9.80 Å². The third-order valence-corrected chi connectivity index (χ3v) is 18.4. The molecule has 14 aromatic carbocycles. The van der Waals surface area contributed by atoms with Crippen molar-refractivity contribution in [1.82, 2.24) is 0 Å². The van der Waals surface area contributed by atoms with Crippen LogP contribution in [0, 0.1) is 0 Å². The van der Waals surface area contributed by atoms with Gasteiger partial charge in [0.05, 0.1) is 20.8 Å². The van der Waals surface area contributed by atoms with Gasteiger partial charge in [0.2, 0.25) is 0 Å². The largest absolute Gasteiger partial charge is 0.309 e. The SMILES string of the molecule is c1ccc(N(c2ccccc2)c2c3ccccc3c(-c3ccc4c(c3)sc3c5sc6cc(-c7c8ccccc8c(N(c8ccccc8)c8ccccc8)c8ccccc78)ccc6c5c5ccccc5c43)c3ccccc23)cc1. The summed E-state index contributed by atoms with van der Waals surface area (Å²) >= 11 is 3.89. The molecule has 0 atom stereocenters. The molecule has 0 fully saturated rings. The number of hydrogen-bond acceptors (Lipinski definition) is 4. The number of hydrogen-bond donors (Lipinski definition) is 0. The summed E-state index contributed by atoms with van der Waals surface area (Å²) in [7, 11) is 0. The minimum Gasteiger partial charge on any atom is -0.309 e. The van der Waals surface area contributed by atoms with Crippen molar-refractivity contribution in [2.24, 2.45) is 0 Å². The highest BCUT2D eigenvalue weighted by Crippen LogP contribution is 2.54. The Morgan fingerprint density at radius 3 is 0.769 bits per heavy atom. The lowest BCUT2D eigenvalue weighted by molar-refractivity contribution is 1.31. The van der Waals surface area contributed by atoms with E-state index < -0.39 is 0 Å². The quantitative estimate of drug-likeness (QED) is 0.140. The van der Waals surface area contributed by atoms with Gasteiger partial charge in [0.15, 0.2) is 0 Å². The Hall–Kier alpha value is -9.58. The Morgan fingerprint density at radius 1 is 0.218 bits per heavy atom. The molecule has 2 heterocycles. The van der Waals surface area contributed by atoms with Gasteiger partial charge in [-0.05, 0) is 115 Å². The topological polar surface area (TPSA) is 6.48 Å². The fourth-order valence-electron chi connectivity index (χ4n) is 12.7. The van der Waals surface area contributed by atoms with E-state index in [4.69, 9.17) is 0 Å². The van der Waals surface area contributed by atoms with Gasteiger partial charge < -0.3 is 9.80 Å². The second kappa shape index (κ2) is 18.0. The van der Waals surface area contributed by atoms with Gasteiger partial charge in [0.1, 0.15) is 0 Å². The van der Waals surface area contributed by atoms with Crippen molar-refractivity contribution >= 4 is 151 Å². The summed E-state index contributed by atoms with van der Waals surface area (Å²) in [5.41, 5.74) is 11.8. The molecule has 16 rings (SSSR count). The van der Waals surface area contributed by atoms with Crippen LogP contribution >= 0.6 is 22.7 Å². The molecule has 0 aliphatic rings. The fourth-order valence-corrected chi connectivity index (χ4v) is 15.4. The molecule has 0 spiro atoms. The van der Waals surface area contributed by atoms with Crippen LogP contribution in [0.3, 0.4) is 0 Å². The Morgan fingerprint density at radius 2 is 0.474 bits per heavy atom. The molecule has 0 aliphatic carbocycles. The Bertz CT molecular complexity index is 4510. The van der Waals surface area contributed by atoms with Gasteiger partial charge in [0, 0.05) is 75.2 Å². The van der Waals surface area contributed by atoms with Crippen molar-refractivity contribution in [3.63, 3.8) is 0 Å². The van der Waals surface area contributed by atoms with Crippen LogP contribution in [-0.2, 0) is 0 Å². The van der Waals surface area contributed by atoms with Gasteiger partial charge >= 0.3 is 0 Å². The molecule has 0 bridgehead atoms. The highest BCUT2D eigenvalue weighted by molar-refractivity contribution is 7.34. The number of rotatable bonds is 8. The summed E-state index contributed by atoms with van der Waals surface area (Å²) in [5.74, 6) is 0. The number of anilines is 6. The molecule has 0 amide bonds. The van der Waals surface area contributed by atoms with Crippen LogP contribution in [0.25, 0.3) is 116 Å². The van der Waals surface area contributed by atoms with Gasteiger partial charge in [-0.1, -0.05) is 218 Å². The molecule has 0 saturated heterocycles. The highest BCUT2D eigenvalue weighted by Gasteiger charge is 2.26. The van der Waals surface area contributed by atoms with Crippen LogP contribution in [0.4, 0.5) is 34.1 Å². The normalized spacial score (nSPS) is 11.8. The van der Waals surface area contributed by atoms with Gasteiger partial charge in [-0.3, -0.25) is 0 Å². The minimum atomic E-state index is 1.13. The van der Waals surface area contributed by atoms with Crippen molar-refractivity contribution in [1.29, 1.82) is 0 Å². The third-order valence-electron chi connectivity index (χ3n) is 15.9. The summed E-state index contributed by atoms with van der Waals surface area (Å²) in [6.45, 7) is 0. The first kappa shape index (κ1) is 44.7. The minimum absolute atomic E-state index is 1.13. The zero-order valence-corrected chi connectivity index (χ0v) is 43.9. The smallest absolute Gasteiger partial charge is 0.0618 e. The monoisotopic (exact) mass is 1030 g/mol. The number of para-hydroxylation sites is 4. The third kappa shape index (κ3) is 6.87. The van der Waals surface area contributed by atoms with Crippen LogP contribution in [0.1, 0.15) is 0 Å². The number of nitrogens with zero attached hydrogens (tertiary/aromatic N) is 2. The lowest BCUT2D eigenvalue weighted by atomic mass is 9.89. The fraction of sp³-hybridized carbons (Fsp3) is 0. The number of benzene rings is 14. The van der Waals surface area contributed by atoms with Crippen molar-refractivity contribution < 1.29 is 0 Å². The van der Waals surface area contributed by atoms with Crippen LogP contribution in [-0.4, -0.2) is 0 Å².